The van der Waals surface area contributed by atoms with E-state index in [0.717, 1.165) is 6.54 Å². The third-order valence-corrected chi connectivity index (χ3v) is 3.27. The van der Waals surface area contributed by atoms with Crippen LogP contribution in [0.5, 0.6) is 0 Å². The fourth-order valence-corrected chi connectivity index (χ4v) is 2.36. The maximum atomic E-state index is 5.56. The van der Waals surface area contributed by atoms with Gasteiger partial charge in [-0.2, -0.15) is 0 Å². The lowest BCUT2D eigenvalue weighted by molar-refractivity contribution is 0.176. The summed E-state index contributed by atoms with van der Waals surface area (Å²) in [5, 5.41) is 3.41. The van der Waals surface area contributed by atoms with Gasteiger partial charge in [0.15, 0.2) is 0 Å². The van der Waals surface area contributed by atoms with Crippen LogP contribution < -0.4 is 5.32 Å². The van der Waals surface area contributed by atoms with Gasteiger partial charge >= 0.3 is 0 Å². The van der Waals surface area contributed by atoms with E-state index in [9.17, 15) is 0 Å². The molecule has 0 heterocycles. The Morgan fingerprint density at radius 3 is 2.46 bits per heavy atom. The van der Waals surface area contributed by atoms with E-state index < -0.39 is 0 Å². The molecule has 1 N–H and O–H groups in total. The SMILES string of the molecule is C#CC(NCC)C1(C)CCCCC1. The Morgan fingerprint density at radius 2 is 2.00 bits per heavy atom. The normalized spacial score (nSPS) is 23.5. The monoisotopic (exact) mass is 179 g/mol. The van der Waals surface area contributed by atoms with E-state index in [0.29, 0.717) is 5.41 Å². The minimum atomic E-state index is 0.276. The van der Waals surface area contributed by atoms with Crippen molar-refractivity contribution >= 4 is 0 Å². The van der Waals surface area contributed by atoms with Crippen LogP contribution in [0.1, 0.15) is 46.0 Å². The van der Waals surface area contributed by atoms with Crippen LogP contribution in [0.2, 0.25) is 0 Å². The van der Waals surface area contributed by atoms with E-state index in [4.69, 9.17) is 6.42 Å². The second-order valence-electron chi connectivity index (χ2n) is 4.37. The first kappa shape index (κ1) is 10.6. The van der Waals surface area contributed by atoms with E-state index in [1.165, 1.54) is 32.1 Å². The molecule has 1 unspecified atom stereocenters. The van der Waals surface area contributed by atoms with Gasteiger partial charge in [-0.05, 0) is 24.8 Å². The quantitative estimate of drug-likeness (QED) is 0.657. The van der Waals surface area contributed by atoms with Crippen molar-refractivity contribution in [3.63, 3.8) is 0 Å². The van der Waals surface area contributed by atoms with E-state index in [-0.39, 0.29) is 6.04 Å². The van der Waals surface area contributed by atoms with Crippen molar-refractivity contribution in [2.45, 2.75) is 52.0 Å². The lowest BCUT2D eigenvalue weighted by atomic mass is 9.71. The van der Waals surface area contributed by atoms with Crippen molar-refractivity contribution in [1.82, 2.24) is 5.32 Å². The molecule has 1 heteroatoms. The topological polar surface area (TPSA) is 12.0 Å². The zero-order valence-corrected chi connectivity index (χ0v) is 8.90. The summed E-state index contributed by atoms with van der Waals surface area (Å²) in [4.78, 5) is 0. The first-order valence-corrected chi connectivity index (χ1v) is 5.42. The van der Waals surface area contributed by atoms with Gasteiger partial charge in [-0.1, -0.05) is 39.0 Å². The molecule has 1 nitrogen and oxygen atoms in total. The molecule has 1 saturated carbocycles. The van der Waals surface area contributed by atoms with Gasteiger partial charge in [0.2, 0.25) is 0 Å². The Kier molecular flexibility index (Phi) is 3.81. The molecule has 1 rings (SSSR count). The highest BCUT2D eigenvalue weighted by Crippen LogP contribution is 2.38. The Morgan fingerprint density at radius 1 is 1.38 bits per heavy atom. The number of hydrogen-bond donors (Lipinski definition) is 1. The molecule has 0 aromatic rings. The van der Waals surface area contributed by atoms with Gasteiger partial charge in [0.25, 0.3) is 0 Å². The predicted octanol–water partition coefficient (Wildman–Crippen LogP) is 2.57. The molecule has 0 aliphatic heterocycles. The van der Waals surface area contributed by atoms with Gasteiger partial charge < -0.3 is 5.32 Å². The molecule has 0 radical (unpaired) electrons. The van der Waals surface area contributed by atoms with Crippen molar-refractivity contribution < 1.29 is 0 Å². The smallest absolute Gasteiger partial charge is 0.0741 e. The van der Waals surface area contributed by atoms with Gasteiger partial charge in [0, 0.05) is 0 Å². The first-order valence-electron chi connectivity index (χ1n) is 5.42. The van der Waals surface area contributed by atoms with Crippen LogP contribution in [-0.4, -0.2) is 12.6 Å². The van der Waals surface area contributed by atoms with Gasteiger partial charge in [-0.25, -0.2) is 0 Å². The Labute approximate surface area is 82.3 Å². The largest absolute Gasteiger partial charge is 0.304 e. The van der Waals surface area contributed by atoms with Crippen LogP contribution in [-0.2, 0) is 0 Å². The molecule has 13 heavy (non-hydrogen) atoms. The second-order valence-corrected chi connectivity index (χ2v) is 4.37. The summed E-state index contributed by atoms with van der Waals surface area (Å²) in [7, 11) is 0. The Balaban J connectivity index is 2.59. The van der Waals surface area contributed by atoms with Crippen molar-refractivity contribution in [2.24, 2.45) is 5.41 Å². The standard InChI is InChI=1S/C12H21N/c1-4-11(13-5-2)12(3)9-7-6-8-10-12/h1,11,13H,5-10H2,2-3H3. The molecule has 0 spiro atoms. The summed E-state index contributed by atoms with van der Waals surface area (Å²) >= 11 is 0. The van der Waals surface area contributed by atoms with E-state index in [1.807, 2.05) is 0 Å². The molecule has 0 amide bonds. The molecule has 1 aliphatic rings. The summed E-state index contributed by atoms with van der Waals surface area (Å²) in [6.45, 7) is 5.43. The fraction of sp³-hybridized carbons (Fsp3) is 0.833. The average molecular weight is 179 g/mol. The summed E-state index contributed by atoms with van der Waals surface area (Å²) in [5.74, 6) is 2.90. The molecule has 0 saturated heterocycles. The number of hydrogen-bond acceptors (Lipinski definition) is 1. The molecule has 1 atom stereocenters. The van der Waals surface area contributed by atoms with Crippen molar-refractivity contribution in [3.8, 4) is 12.3 Å². The average Bonchev–Trinajstić information content (AvgIpc) is 2.15. The highest BCUT2D eigenvalue weighted by molar-refractivity contribution is 5.07. The first-order chi connectivity index (χ1) is 6.23. The maximum absolute atomic E-state index is 5.56. The molecule has 1 aliphatic carbocycles. The zero-order valence-electron chi connectivity index (χ0n) is 8.90. The second kappa shape index (κ2) is 4.67. The lowest BCUT2D eigenvalue weighted by Gasteiger charge is -2.38. The van der Waals surface area contributed by atoms with Crippen molar-refractivity contribution in [1.29, 1.82) is 0 Å². The summed E-state index contributed by atoms with van der Waals surface area (Å²) in [6, 6.07) is 0.276. The minimum Gasteiger partial charge on any atom is -0.304 e. The van der Waals surface area contributed by atoms with Crippen LogP contribution >= 0.6 is 0 Å². The van der Waals surface area contributed by atoms with Crippen molar-refractivity contribution in [3.05, 3.63) is 0 Å². The van der Waals surface area contributed by atoms with Gasteiger partial charge in [0.05, 0.1) is 6.04 Å². The third-order valence-electron chi connectivity index (χ3n) is 3.27. The molecule has 1 fully saturated rings. The lowest BCUT2D eigenvalue weighted by Crippen LogP contribution is -2.43. The van der Waals surface area contributed by atoms with E-state index in [2.05, 4.69) is 25.1 Å². The number of nitrogens with one attached hydrogen (secondary N) is 1. The predicted molar refractivity (Wildman–Crippen MR) is 57.5 cm³/mol. The fourth-order valence-electron chi connectivity index (χ4n) is 2.36. The van der Waals surface area contributed by atoms with Crippen LogP contribution in [0.25, 0.3) is 0 Å². The highest BCUT2D eigenvalue weighted by Gasteiger charge is 2.33. The molecule has 0 bridgehead atoms. The van der Waals surface area contributed by atoms with E-state index in [1.54, 1.807) is 0 Å². The molecular formula is C12H21N. The van der Waals surface area contributed by atoms with Crippen LogP contribution in [0.4, 0.5) is 0 Å². The molecular weight excluding hydrogens is 158 g/mol. The maximum Gasteiger partial charge on any atom is 0.0741 e. The summed E-state index contributed by atoms with van der Waals surface area (Å²) < 4.78 is 0. The van der Waals surface area contributed by atoms with Crippen molar-refractivity contribution in [2.75, 3.05) is 6.54 Å². The third kappa shape index (κ3) is 2.48. The Bertz CT molecular complexity index is 184. The van der Waals surface area contributed by atoms with Gasteiger partial charge in [-0.3, -0.25) is 0 Å². The van der Waals surface area contributed by atoms with Crippen LogP contribution in [0.15, 0.2) is 0 Å². The molecule has 74 valence electrons. The zero-order chi connectivity index (χ0) is 9.73. The number of rotatable bonds is 3. The number of terminal acetylenes is 1. The van der Waals surface area contributed by atoms with Gasteiger partial charge in [-0.15, -0.1) is 6.42 Å². The summed E-state index contributed by atoms with van der Waals surface area (Å²) in [5.41, 5.74) is 0.350. The van der Waals surface area contributed by atoms with Gasteiger partial charge in [0.1, 0.15) is 0 Å². The van der Waals surface area contributed by atoms with Crippen LogP contribution in [0.3, 0.4) is 0 Å². The molecule has 0 aromatic heterocycles. The summed E-state index contributed by atoms with van der Waals surface area (Å²) in [6.07, 6.45) is 12.2. The minimum absolute atomic E-state index is 0.276. The highest BCUT2D eigenvalue weighted by atomic mass is 14.9. The van der Waals surface area contributed by atoms with E-state index >= 15 is 0 Å². The van der Waals surface area contributed by atoms with Crippen LogP contribution in [0, 0.1) is 17.8 Å². The Hall–Kier alpha value is -0.480. The molecule has 0 aromatic carbocycles.